The van der Waals surface area contributed by atoms with Crippen molar-refractivity contribution in [2.45, 2.75) is 0 Å². The number of hydrogen-bond donors (Lipinski definition) is 2. The van der Waals surface area contributed by atoms with Crippen molar-refractivity contribution in [1.82, 2.24) is 4.90 Å². The van der Waals surface area contributed by atoms with Gasteiger partial charge in [-0.3, -0.25) is 0 Å². The van der Waals surface area contributed by atoms with Gasteiger partial charge in [-0.15, -0.1) is 0 Å². The largest absolute Gasteiger partial charge is 0.392 e. The second kappa shape index (κ2) is 6.05. The maximum absolute atomic E-state index is 11.7. The summed E-state index contributed by atoms with van der Waals surface area (Å²) in [5.41, 5.74) is 5.89. The van der Waals surface area contributed by atoms with E-state index in [2.05, 4.69) is 5.32 Å². The third-order valence-corrected chi connectivity index (χ3v) is 2.78. The van der Waals surface area contributed by atoms with Gasteiger partial charge in [0, 0.05) is 12.7 Å². The first kappa shape index (κ1) is 14.0. The highest BCUT2D eigenvalue weighted by molar-refractivity contribution is 7.80. The molecule has 3 N–H and O–H groups in total. The number of nitrogens with zero attached hydrogens (tertiary/aromatic N) is 1. The summed E-state index contributed by atoms with van der Waals surface area (Å²) in [5, 5.41) is 3.45. The number of carbonyl (C=O) groups excluding carboxylic acids is 1. The zero-order valence-electron chi connectivity index (χ0n) is 9.04. The Labute approximate surface area is 115 Å². The van der Waals surface area contributed by atoms with Crippen molar-refractivity contribution in [3.05, 3.63) is 28.2 Å². The van der Waals surface area contributed by atoms with E-state index >= 15 is 0 Å². The average Bonchev–Trinajstić information content (AvgIpc) is 2.22. The van der Waals surface area contributed by atoms with Crippen molar-refractivity contribution in [1.29, 1.82) is 0 Å². The number of amides is 2. The van der Waals surface area contributed by atoms with Crippen LogP contribution < -0.4 is 11.1 Å². The Kier molecular flexibility index (Phi) is 4.99. The van der Waals surface area contributed by atoms with Crippen LogP contribution in [0.1, 0.15) is 0 Å². The summed E-state index contributed by atoms with van der Waals surface area (Å²) in [7, 11) is 1.59. The van der Waals surface area contributed by atoms with Crippen LogP contribution in [-0.4, -0.2) is 29.5 Å². The van der Waals surface area contributed by atoms with E-state index in [1.165, 1.54) is 4.90 Å². The van der Waals surface area contributed by atoms with Crippen LogP contribution >= 0.6 is 35.4 Å². The summed E-state index contributed by atoms with van der Waals surface area (Å²) < 4.78 is 0. The van der Waals surface area contributed by atoms with Gasteiger partial charge in [-0.05, 0) is 18.2 Å². The molecule has 17 heavy (non-hydrogen) atoms. The second-order valence-electron chi connectivity index (χ2n) is 3.38. The number of halogens is 2. The molecule has 1 aromatic rings. The molecule has 0 heterocycles. The summed E-state index contributed by atoms with van der Waals surface area (Å²) in [4.78, 5) is 13.3. The van der Waals surface area contributed by atoms with Gasteiger partial charge in [-0.2, -0.15) is 0 Å². The van der Waals surface area contributed by atoms with Gasteiger partial charge in [0.05, 0.1) is 21.6 Å². The molecule has 0 fully saturated rings. The molecule has 0 aliphatic carbocycles. The second-order valence-corrected chi connectivity index (χ2v) is 4.72. The van der Waals surface area contributed by atoms with E-state index in [-0.39, 0.29) is 17.6 Å². The third-order valence-electron chi connectivity index (χ3n) is 1.91. The highest BCUT2D eigenvalue weighted by atomic mass is 35.5. The van der Waals surface area contributed by atoms with Crippen molar-refractivity contribution in [2.75, 3.05) is 18.9 Å². The van der Waals surface area contributed by atoms with E-state index in [1.807, 2.05) is 0 Å². The van der Waals surface area contributed by atoms with Crippen LogP contribution in [0.4, 0.5) is 10.5 Å². The Bertz CT molecular complexity index is 453. The number of likely N-dealkylation sites (N-methyl/N-ethyl adjacent to an activating group) is 1. The van der Waals surface area contributed by atoms with Crippen LogP contribution in [0.3, 0.4) is 0 Å². The van der Waals surface area contributed by atoms with Gasteiger partial charge in [-0.25, -0.2) is 4.79 Å². The molecule has 0 saturated carbocycles. The number of carbonyl (C=O) groups is 1. The quantitative estimate of drug-likeness (QED) is 0.842. The molecule has 0 aliphatic rings. The predicted octanol–water partition coefficient (Wildman–Crippen LogP) is 2.74. The maximum Gasteiger partial charge on any atom is 0.321 e. The summed E-state index contributed by atoms with van der Waals surface area (Å²) in [6.45, 7) is 0.211. The lowest BCUT2D eigenvalue weighted by Crippen LogP contribution is -2.37. The van der Waals surface area contributed by atoms with E-state index in [0.29, 0.717) is 15.7 Å². The predicted molar refractivity (Wildman–Crippen MR) is 74.9 cm³/mol. The molecule has 0 spiro atoms. The van der Waals surface area contributed by atoms with Crippen LogP contribution in [0.2, 0.25) is 10.0 Å². The van der Waals surface area contributed by atoms with Crippen molar-refractivity contribution >= 4 is 52.1 Å². The maximum atomic E-state index is 11.7. The topological polar surface area (TPSA) is 58.4 Å². The minimum Gasteiger partial charge on any atom is -0.392 e. The lowest BCUT2D eigenvalue weighted by Gasteiger charge is -2.17. The van der Waals surface area contributed by atoms with E-state index < -0.39 is 0 Å². The molecule has 7 heteroatoms. The molecule has 92 valence electrons. The molecule has 0 saturated heterocycles. The minimum absolute atomic E-state index is 0.211. The molecule has 1 rings (SSSR count). The zero-order valence-corrected chi connectivity index (χ0v) is 11.4. The Morgan fingerprint density at radius 1 is 1.47 bits per heavy atom. The van der Waals surface area contributed by atoms with Crippen LogP contribution in [0, 0.1) is 0 Å². The van der Waals surface area contributed by atoms with Gasteiger partial charge in [0.15, 0.2) is 0 Å². The molecule has 0 radical (unpaired) electrons. The number of rotatable bonds is 3. The fraction of sp³-hybridized carbons (Fsp3) is 0.200. The van der Waals surface area contributed by atoms with Crippen LogP contribution in [0.25, 0.3) is 0 Å². The number of urea groups is 1. The number of hydrogen-bond acceptors (Lipinski definition) is 2. The Hall–Kier alpha value is -1.04. The van der Waals surface area contributed by atoms with Crippen molar-refractivity contribution in [2.24, 2.45) is 5.73 Å². The Morgan fingerprint density at radius 3 is 2.65 bits per heavy atom. The number of anilines is 1. The molecular formula is C10H11Cl2N3OS. The molecule has 0 unspecified atom stereocenters. The molecule has 0 atom stereocenters. The third kappa shape index (κ3) is 4.38. The fourth-order valence-corrected chi connectivity index (χ4v) is 1.59. The van der Waals surface area contributed by atoms with Crippen molar-refractivity contribution < 1.29 is 4.79 Å². The molecule has 0 bridgehead atoms. The SMILES string of the molecule is CN(CC(N)=S)C(=O)Nc1ccc(Cl)c(Cl)c1. The minimum atomic E-state index is -0.323. The van der Waals surface area contributed by atoms with Gasteiger partial charge in [0.25, 0.3) is 0 Å². The van der Waals surface area contributed by atoms with Crippen LogP contribution in [0.15, 0.2) is 18.2 Å². The fourth-order valence-electron chi connectivity index (χ4n) is 1.10. The summed E-state index contributed by atoms with van der Waals surface area (Å²) >= 11 is 16.3. The highest BCUT2D eigenvalue weighted by Gasteiger charge is 2.10. The smallest absolute Gasteiger partial charge is 0.321 e. The van der Waals surface area contributed by atoms with Gasteiger partial charge < -0.3 is 16.0 Å². The lowest BCUT2D eigenvalue weighted by atomic mass is 10.3. The van der Waals surface area contributed by atoms with Crippen molar-refractivity contribution in [3.63, 3.8) is 0 Å². The standard InChI is InChI=1S/C10H11Cl2N3OS/c1-15(5-9(13)17)10(16)14-6-2-3-7(11)8(12)4-6/h2-4H,5H2,1H3,(H2,13,17)(H,14,16). The van der Waals surface area contributed by atoms with E-state index in [1.54, 1.807) is 25.2 Å². The molecule has 0 aliphatic heterocycles. The van der Waals surface area contributed by atoms with Crippen LogP contribution in [-0.2, 0) is 0 Å². The first-order valence-electron chi connectivity index (χ1n) is 4.65. The van der Waals surface area contributed by atoms with E-state index in [4.69, 9.17) is 41.2 Å². The molecule has 4 nitrogen and oxygen atoms in total. The number of benzene rings is 1. The Morgan fingerprint density at radius 2 is 2.12 bits per heavy atom. The average molecular weight is 292 g/mol. The normalized spacial score (nSPS) is 9.82. The van der Waals surface area contributed by atoms with Gasteiger partial charge in [-0.1, -0.05) is 35.4 Å². The Balaban J connectivity index is 2.67. The number of nitrogens with one attached hydrogen (secondary N) is 1. The summed E-state index contributed by atoms with van der Waals surface area (Å²) in [5.74, 6) is 0. The zero-order chi connectivity index (χ0) is 13.0. The van der Waals surface area contributed by atoms with Gasteiger partial charge in [0.1, 0.15) is 0 Å². The lowest BCUT2D eigenvalue weighted by molar-refractivity contribution is 0.228. The molecule has 0 aromatic heterocycles. The van der Waals surface area contributed by atoms with E-state index in [0.717, 1.165) is 0 Å². The van der Waals surface area contributed by atoms with Gasteiger partial charge >= 0.3 is 6.03 Å². The highest BCUT2D eigenvalue weighted by Crippen LogP contribution is 2.25. The first-order chi connectivity index (χ1) is 7.90. The summed E-state index contributed by atoms with van der Waals surface area (Å²) in [6, 6.07) is 4.50. The van der Waals surface area contributed by atoms with E-state index in [9.17, 15) is 4.79 Å². The van der Waals surface area contributed by atoms with Crippen molar-refractivity contribution in [3.8, 4) is 0 Å². The monoisotopic (exact) mass is 291 g/mol. The number of nitrogens with two attached hydrogens (primary N) is 1. The van der Waals surface area contributed by atoms with Crippen LogP contribution in [0.5, 0.6) is 0 Å². The molecule has 1 aromatic carbocycles. The molecular weight excluding hydrogens is 281 g/mol. The van der Waals surface area contributed by atoms with Gasteiger partial charge in [0.2, 0.25) is 0 Å². The molecule has 2 amide bonds. The first-order valence-corrected chi connectivity index (χ1v) is 5.82. The number of thiocarbonyl (C=S) groups is 1. The summed E-state index contributed by atoms with van der Waals surface area (Å²) in [6.07, 6.45) is 0.